The van der Waals surface area contributed by atoms with Crippen molar-refractivity contribution in [1.82, 2.24) is 0 Å². The fraction of sp³-hybridized carbons (Fsp3) is 0.143. The number of halogens is 1. The lowest BCUT2D eigenvalue weighted by Gasteiger charge is -1.87. The largest absolute Gasteiger partial charge is 0.377 e. The van der Waals surface area contributed by atoms with E-state index in [2.05, 4.69) is 11.8 Å². The van der Waals surface area contributed by atoms with Crippen molar-refractivity contribution >= 4 is 0 Å². The molecule has 1 atom stereocenters. The van der Waals surface area contributed by atoms with Gasteiger partial charge in [0.25, 0.3) is 0 Å². The molecule has 1 aliphatic rings. The van der Waals surface area contributed by atoms with Gasteiger partial charge in [-0.25, -0.2) is 4.39 Å². The van der Waals surface area contributed by atoms with Gasteiger partial charge in [0.15, 0.2) is 0 Å². The molecule has 1 unspecified atom stereocenters. The topological polar surface area (TPSA) is 20.2 Å². The summed E-state index contributed by atoms with van der Waals surface area (Å²) in [4.78, 5) is 0. The zero-order valence-electron chi connectivity index (χ0n) is 4.63. The lowest BCUT2D eigenvalue weighted by Crippen LogP contribution is -1.94. The minimum absolute atomic E-state index is 0.418. The van der Waals surface area contributed by atoms with E-state index in [0.29, 0.717) is 0 Å². The number of aliphatic hydroxyl groups excluding tert-OH is 1. The Morgan fingerprint density at radius 3 is 3.22 bits per heavy atom. The Labute approximate surface area is 52.5 Å². The number of hydrogen-bond donors (Lipinski definition) is 1. The molecule has 0 saturated carbocycles. The Kier molecular flexibility index (Phi) is 1.66. The van der Waals surface area contributed by atoms with E-state index < -0.39 is 11.9 Å². The fourth-order valence-electron chi connectivity index (χ4n) is 0.475. The Morgan fingerprint density at radius 2 is 2.44 bits per heavy atom. The van der Waals surface area contributed by atoms with E-state index in [1.54, 1.807) is 0 Å². The molecule has 0 saturated heterocycles. The molecule has 9 heavy (non-hydrogen) atoms. The molecule has 0 amide bonds. The normalized spacial score (nSPS) is 23.8. The summed E-state index contributed by atoms with van der Waals surface area (Å²) in [6, 6.07) is 0. The minimum atomic E-state index is -0.825. The summed E-state index contributed by atoms with van der Waals surface area (Å²) < 4.78 is 12.2. The van der Waals surface area contributed by atoms with Gasteiger partial charge >= 0.3 is 0 Å². The lowest BCUT2D eigenvalue weighted by molar-refractivity contribution is 0.280. The zero-order valence-corrected chi connectivity index (χ0v) is 4.63. The van der Waals surface area contributed by atoms with Gasteiger partial charge in [-0.05, 0) is 12.2 Å². The van der Waals surface area contributed by atoms with Gasteiger partial charge in [-0.1, -0.05) is 11.8 Å². The monoisotopic (exact) mass is 124 g/mol. The van der Waals surface area contributed by atoms with Crippen LogP contribution in [0, 0.1) is 11.8 Å². The first-order valence-corrected chi connectivity index (χ1v) is 2.52. The molecule has 0 aromatic carbocycles. The summed E-state index contributed by atoms with van der Waals surface area (Å²) in [6.45, 7) is 0. The lowest BCUT2D eigenvalue weighted by atomic mass is 10.3. The van der Waals surface area contributed by atoms with Gasteiger partial charge in [0, 0.05) is 6.08 Å². The first-order valence-electron chi connectivity index (χ1n) is 2.52. The van der Waals surface area contributed by atoms with Gasteiger partial charge in [0.2, 0.25) is 0 Å². The van der Waals surface area contributed by atoms with Crippen LogP contribution in [0.1, 0.15) is 0 Å². The molecule has 46 valence electrons. The van der Waals surface area contributed by atoms with Crippen molar-refractivity contribution in [2.24, 2.45) is 0 Å². The van der Waals surface area contributed by atoms with Crippen LogP contribution in [0.2, 0.25) is 0 Å². The molecule has 1 N–H and O–H groups in total. The maximum atomic E-state index is 12.2. The van der Waals surface area contributed by atoms with Crippen molar-refractivity contribution < 1.29 is 9.50 Å². The van der Waals surface area contributed by atoms with Crippen molar-refractivity contribution in [2.75, 3.05) is 0 Å². The molecule has 0 aliphatic heterocycles. The van der Waals surface area contributed by atoms with E-state index in [1.165, 1.54) is 12.2 Å². The molecule has 1 aliphatic carbocycles. The second kappa shape index (κ2) is 2.47. The van der Waals surface area contributed by atoms with Crippen LogP contribution in [-0.2, 0) is 0 Å². The Morgan fingerprint density at radius 1 is 1.67 bits per heavy atom. The Hall–Kier alpha value is -1.07. The summed E-state index contributed by atoms with van der Waals surface area (Å²) >= 11 is 0. The van der Waals surface area contributed by atoms with Crippen molar-refractivity contribution in [3.8, 4) is 11.8 Å². The van der Waals surface area contributed by atoms with Gasteiger partial charge in [-0.3, -0.25) is 0 Å². The zero-order chi connectivity index (χ0) is 6.69. The summed E-state index contributed by atoms with van der Waals surface area (Å²) in [5, 5.41) is 8.75. The van der Waals surface area contributed by atoms with Gasteiger partial charge in [0.1, 0.15) is 11.9 Å². The van der Waals surface area contributed by atoms with E-state index >= 15 is 0 Å². The Balaban J connectivity index is 2.82. The van der Waals surface area contributed by atoms with Crippen molar-refractivity contribution in [1.29, 1.82) is 0 Å². The molecule has 0 heterocycles. The van der Waals surface area contributed by atoms with Gasteiger partial charge in [-0.15, -0.1) is 0 Å². The summed E-state index contributed by atoms with van der Waals surface area (Å²) in [5.41, 5.74) is 0. The van der Waals surface area contributed by atoms with Crippen LogP contribution >= 0.6 is 0 Å². The number of rotatable bonds is 0. The highest BCUT2D eigenvalue weighted by molar-refractivity contribution is 5.31. The van der Waals surface area contributed by atoms with E-state index in [9.17, 15) is 4.39 Å². The van der Waals surface area contributed by atoms with Gasteiger partial charge in [-0.2, -0.15) is 0 Å². The quantitative estimate of drug-likeness (QED) is 0.473. The van der Waals surface area contributed by atoms with Crippen LogP contribution < -0.4 is 0 Å². The molecule has 1 nitrogen and oxygen atoms in total. The van der Waals surface area contributed by atoms with E-state index in [4.69, 9.17) is 5.11 Å². The highest BCUT2D eigenvalue weighted by atomic mass is 19.1. The summed E-state index contributed by atoms with van der Waals surface area (Å²) in [7, 11) is 0. The molecule has 2 heteroatoms. The molecular weight excluding hydrogens is 119 g/mol. The summed E-state index contributed by atoms with van der Waals surface area (Å²) in [6.07, 6.45) is 2.77. The maximum absolute atomic E-state index is 12.2. The summed E-state index contributed by atoms with van der Waals surface area (Å²) in [5.74, 6) is 4.31. The predicted molar refractivity (Wildman–Crippen MR) is 32.1 cm³/mol. The third-order valence-corrected chi connectivity index (χ3v) is 0.879. The SMILES string of the molecule is OC1C#CC=C(F)C=C1. The van der Waals surface area contributed by atoms with Crippen LogP contribution in [0.25, 0.3) is 0 Å². The van der Waals surface area contributed by atoms with Crippen molar-refractivity contribution in [3.63, 3.8) is 0 Å². The molecule has 0 aromatic rings. The highest BCUT2D eigenvalue weighted by Crippen LogP contribution is 2.00. The van der Waals surface area contributed by atoms with Crippen molar-refractivity contribution in [3.05, 3.63) is 24.1 Å². The first kappa shape index (κ1) is 6.06. The molecular formula is C7H5FO. The predicted octanol–water partition coefficient (Wildman–Crippen LogP) is 0.774. The smallest absolute Gasteiger partial charge is 0.134 e. The first-order chi connectivity index (χ1) is 4.29. The molecule has 0 spiro atoms. The fourth-order valence-corrected chi connectivity index (χ4v) is 0.475. The number of aliphatic hydroxyl groups is 1. The standard InChI is InChI=1S/C7H5FO/c8-6-2-1-3-7(9)5-4-6/h2,4-5,7,9H. The van der Waals surface area contributed by atoms with E-state index in [-0.39, 0.29) is 0 Å². The molecule has 0 radical (unpaired) electrons. The minimum Gasteiger partial charge on any atom is -0.377 e. The molecule has 0 bridgehead atoms. The average molecular weight is 124 g/mol. The maximum Gasteiger partial charge on any atom is 0.134 e. The number of hydrogen-bond acceptors (Lipinski definition) is 1. The average Bonchev–Trinajstić information content (AvgIpc) is 1.97. The molecule has 0 fully saturated rings. The van der Waals surface area contributed by atoms with Crippen LogP contribution in [0.15, 0.2) is 24.1 Å². The van der Waals surface area contributed by atoms with Crippen LogP contribution in [-0.4, -0.2) is 11.2 Å². The number of allylic oxidation sites excluding steroid dienone is 3. The molecule has 0 aromatic heterocycles. The van der Waals surface area contributed by atoms with Gasteiger partial charge in [0.05, 0.1) is 0 Å². The molecule has 1 rings (SSSR count). The van der Waals surface area contributed by atoms with Gasteiger partial charge < -0.3 is 5.11 Å². The van der Waals surface area contributed by atoms with Crippen LogP contribution in [0.4, 0.5) is 4.39 Å². The van der Waals surface area contributed by atoms with Crippen LogP contribution in [0.5, 0.6) is 0 Å². The van der Waals surface area contributed by atoms with Crippen molar-refractivity contribution in [2.45, 2.75) is 6.10 Å². The highest BCUT2D eigenvalue weighted by Gasteiger charge is 1.94. The Bertz CT molecular complexity index is 217. The third-order valence-electron chi connectivity index (χ3n) is 0.879. The van der Waals surface area contributed by atoms with Crippen LogP contribution in [0.3, 0.4) is 0 Å². The second-order valence-electron chi connectivity index (χ2n) is 1.62. The van der Waals surface area contributed by atoms with E-state index in [0.717, 1.165) is 6.08 Å². The third kappa shape index (κ3) is 1.71. The van der Waals surface area contributed by atoms with E-state index in [1.807, 2.05) is 0 Å². The second-order valence-corrected chi connectivity index (χ2v) is 1.62.